The Bertz CT molecular complexity index is 1020. The summed E-state index contributed by atoms with van der Waals surface area (Å²) in [5, 5.41) is 20.0. The van der Waals surface area contributed by atoms with Crippen LogP contribution < -0.4 is 0 Å². The maximum absolute atomic E-state index is 10.8. The van der Waals surface area contributed by atoms with Crippen LogP contribution >= 0.6 is 11.8 Å². The third-order valence-corrected chi connectivity index (χ3v) is 4.91. The number of hydrogen-bond donors (Lipinski definition) is 0. The van der Waals surface area contributed by atoms with Crippen LogP contribution in [0, 0.1) is 10.1 Å². The minimum Gasteiger partial charge on any atom is -0.467 e. The number of thioether (sulfide) groups is 1. The lowest BCUT2D eigenvalue weighted by atomic mass is 10.2. The predicted molar refractivity (Wildman–Crippen MR) is 98.2 cm³/mol. The van der Waals surface area contributed by atoms with Crippen LogP contribution in [-0.4, -0.2) is 19.7 Å². The topological polar surface area (TPSA) is 100 Å². The predicted octanol–water partition coefficient (Wildman–Crippen LogP) is 4.38. The lowest BCUT2D eigenvalue weighted by Crippen LogP contribution is -2.03. The zero-order chi connectivity index (χ0) is 18.6. The average Bonchev–Trinajstić information content (AvgIpc) is 3.43. The molecule has 0 radical (unpaired) electrons. The van der Waals surface area contributed by atoms with Crippen molar-refractivity contribution in [1.82, 2.24) is 14.8 Å². The molecule has 136 valence electrons. The Kier molecular flexibility index (Phi) is 4.75. The highest BCUT2D eigenvalue weighted by atomic mass is 32.2. The van der Waals surface area contributed by atoms with Crippen molar-refractivity contribution in [2.24, 2.45) is 0 Å². The number of nitro groups is 1. The van der Waals surface area contributed by atoms with Crippen LogP contribution in [0.4, 0.5) is 5.69 Å². The van der Waals surface area contributed by atoms with E-state index < -0.39 is 4.92 Å². The number of hydrogen-bond acceptors (Lipinski definition) is 7. The highest BCUT2D eigenvalue weighted by molar-refractivity contribution is 7.98. The van der Waals surface area contributed by atoms with Gasteiger partial charge in [-0.25, -0.2) is 0 Å². The summed E-state index contributed by atoms with van der Waals surface area (Å²) in [6, 6.07) is 13.8. The fraction of sp³-hybridized carbons (Fsp3) is 0.111. The molecule has 0 saturated heterocycles. The van der Waals surface area contributed by atoms with Crippen molar-refractivity contribution in [3.8, 4) is 11.6 Å². The van der Waals surface area contributed by atoms with Gasteiger partial charge in [-0.3, -0.25) is 14.7 Å². The smallest absolute Gasteiger partial charge is 0.269 e. The molecule has 3 heterocycles. The zero-order valence-electron chi connectivity index (χ0n) is 14.0. The monoisotopic (exact) mass is 382 g/mol. The standard InChI is InChI=1S/C18H14N4O4S/c23-22(24)14-7-5-13(6-8-14)12-27-18-20-19-17(16-4-2-10-26-16)21(18)11-15-3-1-9-25-15/h1-10H,11-12H2. The first-order chi connectivity index (χ1) is 13.2. The molecule has 0 amide bonds. The zero-order valence-corrected chi connectivity index (χ0v) is 14.8. The van der Waals surface area contributed by atoms with Crippen LogP contribution in [0.1, 0.15) is 11.3 Å². The SMILES string of the molecule is O=[N+]([O-])c1ccc(CSc2nnc(-c3ccco3)n2Cc2ccco2)cc1. The first-order valence-corrected chi connectivity index (χ1v) is 9.05. The molecule has 0 atom stereocenters. The van der Waals surface area contributed by atoms with E-state index in [4.69, 9.17) is 8.83 Å². The molecule has 0 N–H and O–H groups in total. The van der Waals surface area contributed by atoms with E-state index in [9.17, 15) is 10.1 Å². The fourth-order valence-electron chi connectivity index (χ4n) is 2.55. The molecule has 0 fully saturated rings. The third-order valence-electron chi connectivity index (χ3n) is 3.87. The summed E-state index contributed by atoms with van der Waals surface area (Å²) in [6.07, 6.45) is 3.21. The van der Waals surface area contributed by atoms with Crippen LogP contribution in [0.5, 0.6) is 0 Å². The van der Waals surface area contributed by atoms with E-state index in [0.717, 1.165) is 11.3 Å². The molecule has 0 aliphatic carbocycles. The number of furan rings is 2. The molecule has 0 bridgehead atoms. The van der Waals surface area contributed by atoms with Gasteiger partial charge in [0.15, 0.2) is 10.9 Å². The van der Waals surface area contributed by atoms with Crippen LogP contribution in [0.3, 0.4) is 0 Å². The van der Waals surface area contributed by atoms with E-state index in [1.807, 2.05) is 22.8 Å². The number of benzene rings is 1. The molecule has 1 aromatic carbocycles. The number of nitrogens with zero attached hydrogens (tertiary/aromatic N) is 4. The van der Waals surface area contributed by atoms with Crippen molar-refractivity contribution in [1.29, 1.82) is 0 Å². The van der Waals surface area contributed by atoms with Crippen LogP contribution in [-0.2, 0) is 12.3 Å². The molecular weight excluding hydrogens is 368 g/mol. The number of rotatable bonds is 7. The van der Waals surface area contributed by atoms with Crippen molar-refractivity contribution in [2.75, 3.05) is 0 Å². The van der Waals surface area contributed by atoms with Gasteiger partial charge in [0.1, 0.15) is 5.76 Å². The molecule has 0 aliphatic heterocycles. The first kappa shape index (κ1) is 17.1. The maximum Gasteiger partial charge on any atom is 0.269 e. The van der Waals surface area contributed by atoms with Crippen molar-refractivity contribution in [2.45, 2.75) is 17.5 Å². The van der Waals surface area contributed by atoms with Gasteiger partial charge in [0.2, 0.25) is 5.82 Å². The summed E-state index contributed by atoms with van der Waals surface area (Å²) in [5.74, 6) is 2.62. The Morgan fingerprint density at radius 1 is 1.04 bits per heavy atom. The molecule has 0 aliphatic rings. The Labute approximate surface area is 158 Å². The summed E-state index contributed by atoms with van der Waals surface area (Å²) in [7, 11) is 0. The van der Waals surface area contributed by atoms with Gasteiger partial charge >= 0.3 is 0 Å². The van der Waals surface area contributed by atoms with Crippen molar-refractivity contribution >= 4 is 17.4 Å². The van der Waals surface area contributed by atoms with E-state index >= 15 is 0 Å². The fourth-order valence-corrected chi connectivity index (χ4v) is 3.44. The van der Waals surface area contributed by atoms with Crippen LogP contribution in [0.25, 0.3) is 11.6 Å². The lowest BCUT2D eigenvalue weighted by molar-refractivity contribution is -0.384. The van der Waals surface area contributed by atoms with Gasteiger partial charge in [0, 0.05) is 17.9 Å². The highest BCUT2D eigenvalue weighted by Crippen LogP contribution is 2.28. The van der Waals surface area contributed by atoms with Crippen molar-refractivity contribution < 1.29 is 13.8 Å². The first-order valence-electron chi connectivity index (χ1n) is 8.06. The summed E-state index contributed by atoms with van der Waals surface area (Å²) >= 11 is 1.49. The van der Waals surface area contributed by atoms with Crippen LogP contribution in [0.15, 0.2) is 75.0 Å². The van der Waals surface area contributed by atoms with E-state index in [2.05, 4.69) is 10.2 Å². The molecule has 4 aromatic rings. The van der Waals surface area contributed by atoms with Crippen molar-refractivity contribution in [3.63, 3.8) is 0 Å². The van der Waals surface area contributed by atoms with E-state index in [0.29, 0.717) is 29.0 Å². The van der Waals surface area contributed by atoms with Gasteiger partial charge in [0.05, 0.1) is 24.0 Å². The summed E-state index contributed by atoms with van der Waals surface area (Å²) in [5.41, 5.74) is 1.03. The molecular formula is C18H14N4O4S. The Hall–Kier alpha value is -3.33. The minimum atomic E-state index is -0.410. The maximum atomic E-state index is 10.8. The molecule has 0 unspecified atom stereocenters. The molecule has 9 heteroatoms. The van der Waals surface area contributed by atoms with E-state index in [1.165, 1.54) is 23.9 Å². The van der Waals surface area contributed by atoms with Gasteiger partial charge < -0.3 is 8.83 Å². The number of aromatic nitrogens is 3. The largest absolute Gasteiger partial charge is 0.467 e. The van der Waals surface area contributed by atoms with Gasteiger partial charge in [-0.1, -0.05) is 23.9 Å². The third kappa shape index (κ3) is 3.77. The summed E-state index contributed by atoms with van der Waals surface area (Å²) < 4.78 is 12.8. The van der Waals surface area contributed by atoms with E-state index in [1.54, 1.807) is 30.7 Å². The number of non-ortho nitro benzene ring substituents is 1. The normalized spacial score (nSPS) is 11.0. The Balaban J connectivity index is 1.57. The van der Waals surface area contributed by atoms with Gasteiger partial charge in [-0.2, -0.15) is 0 Å². The summed E-state index contributed by atoms with van der Waals surface area (Å²) in [4.78, 5) is 10.4. The second-order valence-electron chi connectivity index (χ2n) is 5.66. The molecule has 4 rings (SSSR count). The molecule has 3 aromatic heterocycles. The second kappa shape index (κ2) is 7.50. The number of nitro benzene ring substituents is 1. The molecule has 8 nitrogen and oxygen atoms in total. The Morgan fingerprint density at radius 2 is 1.81 bits per heavy atom. The average molecular weight is 382 g/mol. The summed E-state index contributed by atoms with van der Waals surface area (Å²) in [6.45, 7) is 0.471. The van der Waals surface area contributed by atoms with Gasteiger partial charge in [-0.05, 0) is 29.8 Å². The lowest BCUT2D eigenvalue weighted by Gasteiger charge is -2.07. The Morgan fingerprint density at radius 3 is 2.48 bits per heavy atom. The van der Waals surface area contributed by atoms with E-state index in [-0.39, 0.29) is 5.69 Å². The van der Waals surface area contributed by atoms with Crippen molar-refractivity contribution in [3.05, 3.63) is 82.5 Å². The van der Waals surface area contributed by atoms with Gasteiger partial charge in [0.25, 0.3) is 5.69 Å². The molecule has 0 saturated carbocycles. The van der Waals surface area contributed by atoms with Crippen LogP contribution in [0.2, 0.25) is 0 Å². The highest BCUT2D eigenvalue weighted by Gasteiger charge is 2.18. The second-order valence-corrected chi connectivity index (χ2v) is 6.60. The van der Waals surface area contributed by atoms with Gasteiger partial charge in [-0.15, -0.1) is 10.2 Å². The quantitative estimate of drug-likeness (QED) is 0.266. The minimum absolute atomic E-state index is 0.0739. The molecule has 27 heavy (non-hydrogen) atoms. The molecule has 0 spiro atoms.